The van der Waals surface area contributed by atoms with Crippen molar-refractivity contribution in [2.24, 2.45) is 0 Å². The Bertz CT molecular complexity index is 470. The summed E-state index contributed by atoms with van der Waals surface area (Å²) in [6, 6.07) is 7.40. The second-order valence-electron chi connectivity index (χ2n) is 4.66. The number of nitrogens with one attached hydrogen (secondary N) is 1. The molecule has 0 saturated carbocycles. The fraction of sp³-hybridized carbons (Fsp3) is 0.429. The summed E-state index contributed by atoms with van der Waals surface area (Å²) < 4.78 is 0. The van der Waals surface area contributed by atoms with Crippen molar-refractivity contribution < 1.29 is 9.59 Å². The van der Waals surface area contributed by atoms with Crippen molar-refractivity contribution in [3.63, 3.8) is 0 Å². The summed E-state index contributed by atoms with van der Waals surface area (Å²) in [5.74, 6) is -0.0125. The van der Waals surface area contributed by atoms with Crippen LogP contribution in [0, 0.1) is 0 Å². The summed E-state index contributed by atoms with van der Waals surface area (Å²) >= 11 is 0. The van der Waals surface area contributed by atoms with Crippen LogP contribution in [0.3, 0.4) is 0 Å². The van der Waals surface area contributed by atoms with E-state index >= 15 is 0 Å². The van der Waals surface area contributed by atoms with Gasteiger partial charge in [0.1, 0.15) is 0 Å². The van der Waals surface area contributed by atoms with Crippen LogP contribution < -0.4 is 10.2 Å². The van der Waals surface area contributed by atoms with Gasteiger partial charge in [-0.25, -0.2) is 4.79 Å². The van der Waals surface area contributed by atoms with Gasteiger partial charge in [0.05, 0.1) is 0 Å². The van der Waals surface area contributed by atoms with Crippen molar-refractivity contribution in [2.75, 3.05) is 30.4 Å². The van der Waals surface area contributed by atoms with Crippen molar-refractivity contribution in [1.82, 2.24) is 4.90 Å². The molecule has 1 fully saturated rings. The highest BCUT2D eigenvalue weighted by Gasteiger charge is 2.23. The lowest BCUT2D eigenvalue weighted by atomic mass is 10.2. The fourth-order valence-electron chi connectivity index (χ4n) is 2.08. The Morgan fingerprint density at radius 2 is 1.95 bits per heavy atom. The molecule has 19 heavy (non-hydrogen) atoms. The van der Waals surface area contributed by atoms with Crippen LogP contribution in [-0.2, 0) is 4.79 Å². The van der Waals surface area contributed by atoms with Gasteiger partial charge in [0, 0.05) is 37.9 Å². The Hall–Kier alpha value is -2.04. The highest BCUT2D eigenvalue weighted by molar-refractivity contribution is 5.94. The van der Waals surface area contributed by atoms with Crippen LogP contribution in [0.25, 0.3) is 0 Å². The zero-order valence-corrected chi connectivity index (χ0v) is 11.3. The topological polar surface area (TPSA) is 52.7 Å². The summed E-state index contributed by atoms with van der Waals surface area (Å²) in [4.78, 5) is 26.8. The average Bonchev–Trinajstić information content (AvgIpc) is 2.43. The van der Waals surface area contributed by atoms with E-state index in [-0.39, 0.29) is 11.9 Å². The lowest BCUT2D eigenvalue weighted by molar-refractivity contribution is -0.115. The molecule has 1 saturated heterocycles. The number of rotatable bonds is 3. The molecular weight excluding hydrogens is 242 g/mol. The highest BCUT2D eigenvalue weighted by atomic mass is 16.2. The zero-order chi connectivity index (χ0) is 13.8. The maximum atomic E-state index is 12.0. The van der Waals surface area contributed by atoms with Crippen LogP contribution in [0.5, 0.6) is 0 Å². The molecule has 0 aliphatic carbocycles. The van der Waals surface area contributed by atoms with Crippen molar-refractivity contribution >= 4 is 23.3 Å². The first-order valence-electron chi connectivity index (χ1n) is 6.54. The minimum atomic E-state index is -0.0125. The Morgan fingerprint density at radius 3 is 2.58 bits per heavy atom. The maximum absolute atomic E-state index is 12.0. The lowest BCUT2D eigenvalue weighted by Crippen LogP contribution is -2.47. The molecule has 1 aliphatic heterocycles. The van der Waals surface area contributed by atoms with Crippen molar-refractivity contribution in [2.45, 2.75) is 19.8 Å². The van der Waals surface area contributed by atoms with Gasteiger partial charge < -0.3 is 10.2 Å². The average molecular weight is 261 g/mol. The van der Waals surface area contributed by atoms with E-state index in [0.717, 1.165) is 30.9 Å². The minimum Gasteiger partial charge on any atom is -0.327 e. The molecule has 1 heterocycles. The second kappa shape index (κ2) is 5.73. The number of carbonyl (C=O) groups excluding carboxylic acids is 2. The molecule has 0 atom stereocenters. The lowest BCUT2D eigenvalue weighted by Gasteiger charge is -2.33. The van der Waals surface area contributed by atoms with E-state index < -0.39 is 0 Å². The molecular formula is C14H19N3O2. The summed E-state index contributed by atoms with van der Waals surface area (Å²) in [6.45, 7) is 3.36. The van der Waals surface area contributed by atoms with Gasteiger partial charge in [0.2, 0.25) is 5.91 Å². The molecule has 0 unspecified atom stereocenters. The first-order chi connectivity index (χ1) is 9.11. The Kier molecular flexibility index (Phi) is 4.04. The molecule has 0 radical (unpaired) electrons. The van der Waals surface area contributed by atoms with Crippen LogP contribution in [0.4, 0.5) is 16.2 Å². The van der Waals surface area contributed by atoms with E-state index in [4.69, 9.17) is 0 Å². The van der Waals surface area contributed by atoms with E-state index in [9.17, 15) is 9.59 Å². The molecule has 0 aromatic heterocycles. The molecule has 5 nitrogen and oxygen atoms in total. The van der Waals surface area contributed by atoms with Crippen molar-refractivity contribution in [3.05, 3.63) is 24.3 Å². The third-order valence-electron chi connectivity index (χ3n) is 3.22. The molecule has 0 bridgehead atoms. The molecule has 2 rings (SSSR count). The van der Waals surface area contributed by atoms with Crippen LogP contribution in [-0.4, -0.2) is 37.0 Å². The zero-order valence-electron chi connectivity index (χ0n) is 11.3. The largest absolute Gasteiger partial charge is 0.327 e. The summed E-state index contributed by atoms with van der Waals surface area (Å²) in [7, 11) is 1.81. The third-order valence-corrected chi connectivity index (χ3v) is 3.22. The molecule has 1 aromatic rings. The SMILES string of the molecule is CCC(=O)Nc1ccc(N2CCCN(C)C2=O)cc1. The van der Waals surface area contributed by atoms with Crippen LogP contribution >= 0.6 is 0 Å². The first-order valence-corrected chi connectivity index (χ1v) is 6.54. The van der Waals surface area contributed by atoms with Gasteiger partial charge in [-0.05, 0) is 30.7 Å². The molecule has 5 heteroatoms. The smallest absolute Gasteiger partial charge is 0.324 e. The number of amides is 3. The molecule has 1 aliphatic rings. The van der Waals surface area contributed by atoms with Crippen LogP contribution in [0.2, 0.25) is 0 Å². The first kappa shape index (κ1) is 13.4. The normalized spacial score (nSPS) is 15.6. The summed E-state index contributed by atoms with van der Waals surface area (Å²) in [5.41, 5.74) is 1.62. The third kappa shape index (κ3) is 3.05. The number of urea groups is 1. The Balaban J connectivity index is 2.09. The van der Waals surface area contributed by atoms with Gasteiger partial charge >= 0.3 is 6.03 Å². The number of benzene rings is 1. The number of carbonyl (C=O) groups is 2. The minimum absolute atomic E-state index is 0.0125. The summed E-state index contributed by atoms with van der Waals surface area (Å²) in [6.07, 6.45) is 1.42. The standard InChI is InChI=1S/C14H19N3O2/c1-3-13(18)15-11-5-7-12(8-6-11)17-10-4-9-16(2)14(17)19/h5-8H,3-4,9-10H2,1-2H3,(H,15,18). The van der Waals surface area contributed by atoms with Gasteiger partial charge in [-0.3, -0.25) is 9.69 Å². The molecule has 0 spiro atoms. The van der Waals surface area contributed by atoms with Gasteiger partial charge in [-0.2, -0.15) is 0 Å². The number of hydrogen-bond donors (Lipinski definition) is 1. The van der Waals surface area contributed by atoms with Gasteiger partial charge in [0.15, 0.2) is 0 Å². The molecule has 1 N–H and O–H groups in total. The summed E-state index contributed by atoms with van der Waals surface area (Å²) in [5, 5.41) is 2.79. The van der Waals surface area contributed by atoms with E-state index in [1.807, 2.05) is 38.2 Å². The molecule has 102 valence electrons. The van der Waals surface area contributed by atoms with Crippen molar-refractivity contribution in [1.29, 1.82) is 0 Å². The Labute approximate surface area is 113 Å². The number of nitrogens with zero attached hydrogens (tertiary/aromatic N) is 2. The number of hydrogen-bond acceptors (Lipinski definition) is 2. The van der Waals surface area contributed by atoms with Gasteiger partial charge in [-0.15, -0.1) is 0 Å². The second-order valence-corrected chi connectivity index (χ2v) is 4.66. The van der Waals surface area contributed by atoms with E-state index in [2.05, 4.69) is 5.32 Å². The monoisotopic (exact) mass is 261 g/mol. The molecule has 3 amide bonds. The predicted molar refractivity (Wildman–Crippen MR) is 75.4 cm³/mol. The maximum Gasteiger partial charge on any atom is 0.324 e. The fourth-order valence-corrected chi connectivity index (χ4v) is 2.08. The van der Waals surface area contributed by atoms with Crippen molar-refractivity contribution in [3.8, 4) is 0 Å². The van der Waals surface area contributed by atoms with E-state index in [1.54, 1.807) is 9.80 Å². The highest BCUT2D eigenvalue weighted by Crippen LogP contribution is 2.21. The van der Waals surface area contributed by atoms with Gasteiger partial charge in [-0.1, -0.05) is 6.92 Å². The number of anilines is 2. The van der Waals surface area contributed by atoms with Crippen LogP contribution in [0.1, 0.15) is 19.8 Å². The van der Waals surface area contributed by atoms with Gasteiger partial charge in [0.25, 0.3) is 0 Å². The predicted octanol–water partition coefficient (Wildman–Crippen LogP) is 2.30. The van der Waals surface area contributed by atoms with E-state index in [0.29, 0.717) is 6.42 Å². The Morgan fingerprint density at radius 1 is 1.26 bits per heavy atom. The van der Waals surface area contributed by atoms with Crippen LogP contribution in [0.15, 0.2) is 24.3 Å². The molecule has 1 aromatic carbocycles. The van der Waals surface area contributed by atoms with E-state index in [1.165, 1.54) is 0 Å². The quantitative estimate of drug-likeness (QED) is 0.907.